The van der Waals surface area contributed by atoms with Crippen LogP contribution in [0.3, 0.4) is 0 Å². The number of halogens is 3. The van der Waals surface area contributed by atoms with Gasteiger partial charge in [-0.25, -0.2) is 9.29 Å². The van der Waals surface area contributed by atoms with Crippen LogP contribution < -0.4 is 4.90 Å². The topological polar surface area (TPSA) is 145 Å². The van der Waals surface area contributed by atoms with E-state index in [9.17, 15) is 33.5 Å². The van der Waals surface area contributed by atoms with Crippen molar-refractivity contribution in [3.05, 3.63) is 65.4 Å². The van der Waals surface area contributed by atoms with Crippen LogP contribution in [-0.4, -0.2) is 61.0 Å². The fourth-order valence-electron chi connectivity index (χ4n) is 7.02. The number of aliphatic hydroxyl groups is 1. The number of hydrogen-bond donors (Lipinski definition) is 2. The Morgan fingerprint density at radius 3 is 2.38 bits per heavy atom. The van der Waals surface area contributed by atoms with Crippen molar-refractivity contribution in [3.63, 3.8) is 0 Å². The lowest BCUT2D eigenvalue weighted by Gasteiger charge is -2.49. The van der Waals surface area contributed by atoms with E-state index in [0.717, 1.165) is 21.9 Å². The molecule has 3 fully saturated rings. The zero-order valence-corrected chi connectivity index (χ0v) is 23.5. The van der Waals surface area contributed by atoms with Crippen LogP contribution in [0.1, 0.15) is 43.1 Å². The number of nitrogens with zero attached hydrogens (tertiary/aromatic N) is 2. The van der Waals surface area contributed by atoms with Crippen LogP contribution in [0, 0.1) is 23.6 Å². The summed E-state index contributed by atoms with van der Waals surface area (Å²) in [5, 5.41) is 18.7. The molecule has 2 N–H and O–H groups in total. The van der Waals surface area contributed by atoms with E-state index in [1.807, 2.05) is 0 Å². The van der Waals surface area contributed by atoms with Gasteiger partial charge in [0.2, 0.25) is 11.8 Å². The molecule has 6 unspecified atom stereocenters. The third-order valence-electron chi connectivity index (χ3n) is 8.88. The Morgan fingerprint density at radius 2 is 1.74 bits per heavy atom. The van der Waals surface area contributed by atoms with Crippen molar-refractivity contribution in [1.29, 1.82) is 0 Å². The first-order chi connectivity index (χ1) is 19.9. The lowest BCUT2D eigenvalue weighted by Crippen LogP contribution is -2.60. The van der Waals surface area contributed by atoms with Crippen LogP contribution in [0.2, 0.25) is 0 Å². The van der Waals surface area contributed by atoms with Gasteiger partial charge >= 0.3 is 5.97 Å². The van der Waals surface area contributed by atoms with Crippen LogP contribution in [-0.2, 0) is 30.6 Å². The number of allylic oxidation sites excluding steroid dienone is 2. The molecule has 1 aromatic heterocycles. The quantitative estimate of drug-likeness (QED) is 0.273. The van der Waals surface area contributed by atoms with Gasteiger partial charge in [-0.15, -0.1) is 23.2 Å². The number of furan rings is 1. The molecule has 0 radical (unpaired) electrons. The van der Waals surface area contributed by atoms with E-state index >= 15 is 0 Å². The Morgan fingerprint density at radius 1 is 1.02 bits per heavy atom. The number of amides is 4. The first-order valence-electron chi connectivity index (χ1n) is 13.4. The Balaban J connectivity index is 1.46. The Kier molecular flexibility index (Phi) is 6.82. The number of imide groups is 2. The summed E-state index contributed by atoms with van der Waals surface area (Å²) in [7, 11) is 0. The second kappa shape index (κ2) is 10.0. The number of aliphatic carboxylic acids is 1. The van der Waals surface area contributed by atoms with Gasteiger partial charge in [0.25, 0.3) is 11.8 Å². The minimum atomic E-state index is -2.13. The van der Waals surface area contributed by atoms with E-state index in [-0.39, 0.29) is 49.4 Å². The summed E-state index contributed by atoms with van der Waals surface area (Å²) in [6.07, 6.45) is 1.50. The fourth-order valence-corrected chi connectivity index (χ4v) is 7.94. The first-order valence-corrected chi connectivity index (χ1v) is 14.2. The van der Waals surface area contributed by atoms with E-state index in [1.54, 1.807) is 6.08 Å². The summed E-state index contributed by atoms with van der Waals surface area (Å²) < 4.78 is 19.6. The van der Waals surface area contributed by atoms with Gasteiger partial charge < -0.3 is 14.6 Å². The predicted molar refractivity (Wildman–Crippen MR) is 145 cm³/mol. The molecule has 0 bridgehead atoms. The van der Waals surface area contributed by atoms with Crippen LogP contribution in [0.15, 0.2) is 52.5 Å². The van der Waals surface area contributed by atoms with Crippen LogP contribution in [0.5, 0.6) is 0 Å². The third-order valence-corrected chi connectivity index (χ3v) is 10.3. The van der Waals surface area contributed by atoms with Gasteiger partial charge in [0, 0.05) is 13.0 Å². The van der Waals surface area contributed by atoms with Gasteiger partial charge in [-0.2, -0.15) is 0 Å². The van der Waals surface area contributed by atoms with Gasteiger partial charge in [-0.3, -0.25) is 28.9 Å². The number of carbonyl (C=O) groups excluding carboxylic acids is 4. The van der Waals surface area contributed by atoms with Crippen molar-refractivity contribution in [1.82, 2.24) is 4.90 Å². The van der Waals surface area contributed by atoms with E-state index in [4.69, 9.17) is 32.7 Å². The molecule has 42 heavy (non-hydrogen) atoms. The van der Waals surface area contributed by atoms with Gasteiger partial charge in [-0.1, -0.05) is 11.6 Å². The number of alkyl halides is 2. The van der Waals surface area contributed by atoms with E-state index in [2.05, 4.69) is 0 Å². The molecule has 220 valence electrons. The maximum absolute atomic E-state index is 14.2. The van der Waals surface area contributed by atoms with Crippen LogP contribution in [0.25, 0.3) is 0 Å². The maximum Gasteiger partial charge on any atom is 0.303 e. The second-order valence-electron chi connectivity index (χ2n) is 11.0. The highest BCUT2D eigenvalue weighted by Crippen LogP contribution is 2.65. The molecule has 10 nitrogen and oxygen atoms in total. The van der Waals surface area contributed by atoms with Gasteiger partial charge in [0.1, 0.15) is 23.9 Å². The summed E-state index contributed by atoms with van der Waals surface area (Å²) in [5.74, 6) is -7.58. The minimum Gasteiger partial charge on any atom is -0.481 e. The highest BCUT2D eigenvalue weighted by Gasteiger charge is 2.77. The van der Waals surface area contributed by atoms with Gasteiger partial charge in [0.15, 0.2) is 9.75 Å². The molecule has 2 aromatic rings. The molecule has 4 amide bonds. The number of likely N-dealkylation sites (tertiary alicyclic amines) is 1. The molecular formula is C29H25Cl2FN2O8. The molecule has 2 aliphatic heterocycles. The molecule has 3 heterocycles. The maximum atomic E-state index is 14.2. The second-order valence-corrected chi connectivity index (χ2v) is 12.3. The lowest BCUT2D eigenvalue weighted by atomic mass is 9.57. The normalized spacial score (nSPS) is 32.1. The van der Waals surface area contributed by atoms with Crippen molar-refractivity contribution in [2.75, 3.05) is 11.4 Å². The molecule has 2 saturated heterocycles. The van der Waals surface area contributed by atoms with E-state index < -0.39 is 75.4 Å². The molecule has 1 saturated carbocycles. The van der Waals surface area contributed by atoms with Crippen molar-refractivity contribution in [3.8, 4) is 0 Å². The van der Waals surface area contributed by atoms with E-state index in [0.29, 0.717) is 5.57 Å². The molecule has 1 aromatic carbocycles. The SMILES string of the molecule is O=C(O)CCCN1C(=O)C2CC=C3C(CC4(Cl)C(=O)N(c5ccc(F)cc5)C(=O)C4(Cl)C3c3ccc(CO)o3)C2C1=O. The number of fused-ring (bicyclic) bond motifs is 4. The summed E-state index contributed by atoms with van der Waals surface area (Å²) >= 11 is 14.4. The van der Waals surface area contributed by atoms with Crippen LogP contribution >= 0.6 is 23.2 Å². The smallest absolute Gasteiger partial charge is 0.303 e. The fraction of sp³-hybridized carbons (Fsp3) is 0.414. The third kappa shape index (κ3) is 3.90. The predicted octanol–water partition coefficient (Wildman–Crippen LogP) is 3.34. The zero-order valence-electron chi connectivity index (χ0n) is 22.0. The molecule has 4 aliphatic rings. The average molecular weight is 619 g/mol. The molecule has 6 atom stereocenters. The summed E-state index contributed by atoms with van der Waals surface area (Å²) in [4.78, 5) is 63.9. The number of anilines is 1. The molecule has 0 spiro atoms. The van der Waals surface area contributed by atoms with Crippen LogP contribution in [0.4, 0.5) is 10.1 Å². The van der Waals surface area contributed by atoms with Crippen molar-refractivity contribution in [2.24, 2.45) is 17.8 Å². The highest BCUT2D eigenvalue weighted by molar-refractivity contribution is 6.58. The molecule has 6 rings (SSSR count). The Hall–Kier alpha value is -3.54. The van der Waals surface area contributed by atoms with Gasteiger partial charge in [-0.05, 0) is 61.6 Å². The van der Waals surface area contributed by atoms with Gasteiger partial charge in [0.05, 0.1) is 23.4 Å². The number of carbonyl (C=O) groups is 5. The molecule has 2 aliphatic carbocycles. The highest BCUT2D eigenvalue weighted by atomic mass is 35.5. The average Bonchev–Trinajstić information content (AvgIpc) is 3.56. The minimum absolute atomic E-state index is 0.0571. The van der Waals surface area contributed by atoms with E-state index in [1.165, 1.54) is 24.3 Å². The first kappa shape index (κ1) is 28.6. The van der Waals surface area contributed by atoms with Crippen molar-refractivity contribution < 1.29 is 43.0 Å². The number of aliphatic hydroxyl groups excluding tert-OH is 1. The largest absolute Gasteiger partial charge is 0.481 e. The Bertz CT molecular complexity index is 1560. The number of carboxylic acids is 1. The number of carboxylic acid groups (broad SMARTS) is 1. The Labute approximate surface area is 248 Å². The summed E-state index contributed by atoms with van der Waals surface area (Å²) in [6.45, 7) is -0.518. The molecular weight excluding hydrogens is 594 g/mol. The lowest BCUT2D eigenvalue weighted by molar-refractivity contribution is -0.142. The number of hydrogen-bond acceptors (Lipinski definition) is 7. The van der Waals surface area contributed by atoms with Crippen molar-refractivity contribution in [2.45, 2.75) is 48.0 Å². The molecule has 13 heteroatoms. The monoisotopic (exact) mass is 618 g/mol. The number of rotatable bonds is 7. The zero-order chi connectivity index (χ0) is 30.1. The number of benzene rings is 1. The standard InChI is InChI=1S/C29H25Cl2FN2O8/c30-28-12-19-17(8-9-18-22(19)25(39)33(24(18)38)11-1-2-21(36)37)23(20-10-7-16(13-35)42-20)29(28,31)27(41)34(26(28)40)15-5-3-14(32)4-6-15/h3-8,10,18-19,22-23,35H,1-2,9,11-13H2,(H,36,37). The van der Waals surface area contributed by atoms with Crippen molar-refractivity contribution >= 4 is 58.5 Å². The summed E-state index contributed by atoms with van der Waals surface area (Å²) in [6, 6.07) is 7.70. The summed E-state index contributed by atoms with van der Waals surface area (Å²) in [5.41, 5.74) is 0.568.